The third-order valence-corrected chi connectivity index (χ3v) is 3.64. The van der Waals surface area contributed by atoms with E-state index in [1.54, 1.807) is 18.2 Å². The third kappa shape index (κ3) is 4.32. The van der Waals surface area contributed by atoms with Gasteiger partial charge in [0.05, 0.1) is 36.4 Å². The van der Waals surface area contributed by atoms with Crippen LogP contribution in [0.15, 0.2) is 24.3 Å². The van der Waals surface area contributed by atoms with Crippen LogP contribution in [0.25, 0.3) is 6.08 Å². The standard InChI is InChI=1S/C18H21N3O3/c1-11-12(2)21-15(13(3)20-11)10-19-18(23)8-6-14-5-7-16(22)17(9-14)24-4/h5-9,22H,10H2,1-4H3,(H,19,23)/b8-6+. The van der Waals surface area contributed by atoms with Crippen LogP contribution >= 0.6 is 0 Å². The number of aromatic nitrogens is 2. The fraction of sp³-hybridized carbons (Fsp3) is 0.278. The molecule has 6 heteroatoms. The molecule has 0 aliphatic heterocycles. The van der Waals surface area contributed by atoms with Crippen molar-refractivity contribution in [3.05, 3.63) is 52.6 Å². The monoisotopic (exact) mass is 327 g/mol. The van der Waals surface area contributed by atoms with Crippen molar-refractivity contribution in [2.75, 3.05) is 7.11 Å². The summed E-state index contributed by atoms with van der Waals surface area (Å²) in [6, 6.07) is 4.86. The van der Waals surface area contributed by atoms with E-state index in [9.17, 15) is 9.90 Å². The molecule has 24 heavy (non-hydrogen) atoms. The fourth-order valence-corrected chi connectivity index (χ4v) is 2.13. The molecule has 0 saturated heterocycles. The van der Waals surface area contributed by atoms with Gasteiger partial charge in [-0.25, -0.2) is 0 Å². The van der Waals surface area contributed by atoms with Crippen molar-refractivity contribution in [3.63, 3.8) is 0 Å². The van der Waals surface area contributed by atoms with Crippen LogP contribution < -0.4 is 10.1 Å². The van der Waals surface area contributed by atoms with E-state index in [1.165, 1.54) is 19.3 Å². The molecule has 2 N–H and O–H groups in total. The highest BCUT2D eigenvalue weighted by Crippen LogP contribution is 2.26. The van der Waals surface area contributed by atoms with Crippen molar-refractivity contribution in [2.24, 2.45) is 0 Å². The first kappa shape index (κ1) is 17.5. The van der Waals surface area contributed by atoms with Crippen molar-refractivity contribution < 1.29 is 14.6 Å². The minimum Gasteiger partial charge on any atom is -0.504 e. The van der Waals surface area contributed by atoms with Gasteiger partial charge >= 0.3 is 0 Å². The summed E-state index contributed by atoms with van der Waals surface area (Å²) in [5, 5.41) is 12.3. The van der Waals surface area contributed by atoms with Gasteiger partial charge in [0.1, 0.15) is 0 Å². The zero-order valence-electron chi connectivity index (χ0n) is 14.3. The molecule has 0 fully saturated rings. The average Bonchev–Trinajstić information content (AvgIpc) is 2.56. The second-order valence-electron chi connectivity index (χ2n) is 5.41. The van der Waals surface area contributed by atoms with Gasteiger partial charge in [-0.1, -0.05) is 6.07 Å². The molecule has 126 valence electrons. The Balaban J connectivity index is 2.00. The number of aryl methyl sites for hydroxylation is 3. The molecule has 2 rings (SSSR count). The van der Waals surface area contributed by atoms with E-state index in [1.807, 2.05) is 20.8 Å². The molecule has 6 nitrogen and oxygen atoms in total. The third-order valence-electron chi connectivity index (χ3n) is 3.64. The number of hydrogen-bond acceptors (Lipinski definition) is 5. The van der Waals surface area contributed by atoms with Gasteiger partial charge in [-0.2, -0.15) is 0 Å². The summed E-state index contributed by atoms with van der Waals surface area (Å²) in [6.07, 6.45) is 3.08. The van der Waals surface area contributed by atoms with Gasteiger partial charge in [0.15, 0.2) is 11.5 Å². The number of carbonyl (C=O) groups excluding carboxylic acids is 1. The normalized spacial score (nSPS) is 10.8. The first-order valence-corrected chi connectivity index (χ1v) is 7.54. The zero-order valence-corrected chi connectivity index (χ0v) is 14.3. The molecule has 0 unspecified atom stereocenters. The predicted octanol–water partition coefficient (Wildman–Crippen LogP) is 2.45. The van der Waals surface area contributed by atoms with Crippen LogP contribution in [-0.2, 0) is 11.3 Å². The number of phenolic OH excluding ortho intramolecular Hbond substituents is 1. The number of hydrogen-bond donors (Lipinski definition) is 2. The van der Waals surface area contributed by atoms with Crippen LogP contribution in [0.2, 0.25) is 0 Å². The zero-order chi connectivity index (χ0) is 17.7. The molecule has 0 bridgehead atoms. The second-order valence-corrected chi connectivity index (χ2v) is 5.41. The largest absolute Gasteiger partial charge is 0.504 e. The number of methoxy groups -OCH3 is 1. The molecule has 0 spiro atoms. The molecular weight excluding hydrogens is 306 g/mol. The Kier molecular flexibility index (Phi) is 5.52. The van der Waals surface area contributed by atoms with Crippen molar-refractivity contribution in [2.45, 2.75) is 27.3 Å². The Hall–Kier alpha value is -2.89. The highest BCUT2D eigenvalue weighted by molar-refractivity contribution is 5.91. The number of benzene rings is 1. The molecule has 0 aliphatic rings. The number of rotatable bonds is 5. The molecule has 1 heterocycles. The lowest BCUT2D eigenvalue weighted by Crippen LogP contribution is -2.22. The van der Waals surface area contributed by atoms with Crippen LogP contribution in [0.5, 0.6) is 11.5 Å². The Morgan fingerprint density at radius 2 is 1.92 bits per heavy atom. The van der Waals surface area contributed by atoms with Gasteiger partial charge in [0.25, 0.3) is 0 Å². The predicted molar refractivity (Wildman–Crippen MR) is 91.8 cm³/mol. The van der Waals surface area contributed by atoms with Crippen LogP contribution in [0.4, 0.5) is 0 Å². The molecule has 1 aromatic carbocycles. The SMILES string of the molecule is COc1cc(/C=C/C(=O)NCc2nc(C)c(C)nc2C)ccc1O. The smallest absolute Gasteiger partial charge is 0.244 e. The van der Waals surface area contributed by atoms with Gasteiger partial charge in [-0.3, -0.25) is 14.8 Å². The summed E-state index contributed by atoms with van der Waals surface area (Å²) in [5.74, 6) is 0.183. The molecule has 0 saturated carbocycles. The number of nitrogens with zero attached hydrogens (tertiary/aromatic N) is 2. The van der Waals surface area contributed by atoms with Crippen LogP contribution in [0.3, 0.4) is 0 Å². The Labute approximate surface area is 141 Å². The lowest BCUT2D eigenvalue weighted by molar-refractivity contribution is -0.116. The summed E-state index contributed by atoms with van der Waals surface area (Å²) in [6.45, 7) is 6.00. The van der Waals surface area contributed by atoms with Crippen molar-refractivity contribution >= 4 is 12.0 Å². The fourth-order valence-electron chi connectivity index (χ4n) is 2.13. The van der Waals surface area contributed by atoms with Crippen molar-refractivity contribution in [3.8, 4) is 11.5 Å². The van der Waals surface area contributed by atoms with Crippen LogP contribution in [-0.4, -0.2) is 28.1 Å². The van der Waals surface area contributed by atoms with E-state index in [0.29, 0.717) is 12.3 Å². The summed E-state index contributed by atoms with van der Waals surface area (Å²) in [5.41, 5.74) is 4.07. The van der Waals surface area contributed by atoms with E-state index < -0.39 is 0 Å². The van der Waals surface area contributed by atoms with Gasteiger partial charge in [0.2, 0.25) is 5.91 Å². The van der Waals surface area contributed by atoms with E-state index in [-0.39, 0.29) is 11.7 Å². The number of carbonyl (C=O) groups is 1. The summed E-state index contributed by atoms with van der Waals surface area (Å²) in [7, 11) is 1.47. The maximum atomic E-state index is 11.9. The van der Waals surface area contributed by atoms with Crippen molar-refractivity contribution in [1.82, 2.24) is 15.3 Å². The van der Waals surface area contributed by atoms with E-state index in [0.717, 1.165) is 28.3 Å². The number of amides is 1. The summed E-state index contributed by atoms with van der Waals surface area (Å²) < 4.78 is 5.03. The van der Waals surface area contributed by atoms with Crippen molar-refractivity contribution in [1.29, 1.82) is 0 Å². The Morgan fingerprint density at radius 3 is 2.62 bits per heavy atom. The Morgan fingerprint density at radius 1 is 1.21 bits per heavy atom. The maximum absolute atomic E-state index is 11.9. The number of phenols is 1. The summed E-state index contributed by atoms with van der Waals surface area (Å²) in [4.78, 5) is 20.8. The molecule has 0 aliphatic carbocycles. The lowest BCUT2D eigenvalue weighted by atomic mass is 10.2. The van der Waals surface area contributed by atoms with E-state index in [4.69, 9.17) is 4.74 Å². The van der Waals surface area contributed by atoms with Gasteiger partial charge in [-0.15, -0.1) is 0 Å². The molecule has 0 atom stereocenters. The molecule has 1 aromatic heterocycles. The molecule has 0 radical (unpaired) electrons. The average molecular weight is 327 g/mol. The minimum absolute atomic E-state index is 0.0582. The molecule has 1 amide bonds. The highest BCUT2D eigenvalue weighted by atomic mass is 16.5. The minimum atomic E-state index is -0.235. The highest BCUT2D eigenvalue weighted by Gasteiger charge is 2.06. The number of nitrogens with one attached hydrogen (secondary N) is 1. The Bertz CT molecular complexity index is 785. The van der Waals surface area contributed by atoms with Crippen LogP contribution in [0, 0.1) is 20.8 Å². The van der Waals surface area contributed by atoms with Gasteiger partial charge < -0.3 is 15.2 Å². The van der Waals surface area contributed by atoms with Gasteiger partial charge in [-0.05, 0) is 44.5 Å². The first-order chi connectivity index (χ1) is 11.4. The first-order valence-electron chi connectivity index (χ1n) is 7.54. The van der Waals surface area contributed by atoms with E-state index in [2.05, 4.69) is 15.3 Å². The lowest BCUT2D eigenvalue weighted by Gasteiger charge is -2.08. The topological polar surface area (TPSA) is 84.3 Å². The number of ether oxygens (including phenoxy) is 1. The molecule has 2 aromatic rings. The summed E-state index contributed by atoms with van der Waals surface area (Å²) >= 11 is 0. The molecular formula is C18H21N3O3. The quantitative estimate of drug-likeness (QED) is 0.824. The maximum Gasteiger partial charge on any atom is 0.244 e. The van der Waals surface area contributed by atoms with Crippen LogP contribution in [0.1, 0.15) is 28.3 Å². The number of aromatic hydroxyl groups is 1. The van der Waals surface area contributed by atoms with E-state index >= 15 is 0 Å². The second kappa shape index (κ2) is 7.59. The van der Waals surface area contributed by atoms with Gasteiger partial charge in [0, 0.05) is 6.08 Å².